The molecular formula is C14H21NO2. The lowest BCUT2D eigenvalue weighted by Crippen LogP contribution is -2.27. The summed E-state index contributed by atoms with van der Waals surface area (Å²) in [4.78, 5) is 8.36. The van der Waals surface area contributed by atoms with Crippen molar-refractivity contribution in [1.82, 2.24) is 5.32 Å². The Morgan fingerprint density at radius 1 is 1.24 bits per heavy atom. The van der Waals surface area contributed by atoms with Crippen molar-refractivity contribution in [1.29, 1.82) is 0 Å². The highest BCUT2D eigenvalue weighted by Gasteiger charge is 2.08. The highest BCUT2D eigenvalue weighted by molar-refractivity contribution is 5.75. The maximum absolute atomic E-state index is 8.36. The monoisotopic (exact) mass is 235 g/mol. The van der Waals surface area contributed by atoms with Crippen LogP contribution < -0.4 is 5.32 Å². The summed E-state index contributed by atoms with van der Waals surface area (Å²) in [7, 11) is 0. The first-order valence-electron chi connectivity index (χ1n) is 6.20. The molecule has 0 atom stereocenters. The Hall–Kier alpha value is -1.35. The molecule has 2 N–H and O–H groups in total. The molecule has 1 heterocycles. The lowest BCUT2D eigenvalue weighted by Gasteiger charge is -2.20. The molecule has 0 unspecified atom stereocenters. The molecule has 2 aliphatic carbocycles. The molecular weight excluding hydrogens is 214 g/mol. The van der Waals surface area contributed by atoms with Crippen LogP contribution in [0.1, 0.15) is 26.2 Å². The number of carbonyl (C=O) groups is 1. The maximum atomic E-state index is 8.36. The number of benzene rings is 1. The predicted octanol–water partition coefficient (Wildman–Crippen LogP) is 2.76. The van der Waals surface area contributed by atoms with E-state index in [1.165, 1.54) is 43.5 Å². The Morgan fingerprint density at radius 2 is 1.65 bits per heavy atom. The van der Waals surface area contributed by atoms with Gasteiger partial charge in [-0.2, -0.15) is 0 Å². The number of hydrogen-bond donors (Lipinski definition) is 2. The molecule has 3 aliphatic rings. The van der Waals surface area contributed by atoms with Gasteiger partial charge in [-0.1, -0.05) is 37.6 Å². The normalized spacial score (nSPS) is 15.8. The summed E-state index contributed by atoms with van der Waals surface area (Å²) in [5.74, 6) is 1.02. The van der Waals surface area contributed by atoms with E-state index in [1.807, 2.05) is 0 Å². The van der Waals surface area contributed by atoms with Crippen LogP contribution in [0, 0.1) is 5.92 Å². The fraction of sp³-hybridized carbons (Fsp3) is 0.500. The number of nitrogens with one attached hydrogen (secondary N) is 1. The first kappa shape index (κ1) is 13.7. The zero-order valence-electron chi connectivity index (χ0n) is 10.4. The quantitative estimate of drug-likeness (QED) is 0.747. The zero-order chi connectivity index (χ0) is 12.5. The van der Waals surface area contributed by atoms with Gasteiger partial charge in [0, 0.05) is 0 Å². The summed E-state index contributed by atoms with van der Waals surface area (Å²) in [6.45, 7) is 4.53. The van der Waals surface area contributed by atoms with Gasteiger partial charge >= 0.3 is 0 Å². The minimum atomic E-state index is -0.250. The Bertz CT molecular complexity index is 294. The van der Waals surface area contributed by atoms with Crippen LogP contribution in [-0.4, -0.2) is 24.7 Å². The minimum absolute atomic E-state index is 0.250. The van der Waals surface area contributed by atoms with E-state index in [4.69, 9.17) is 9.90 Å². The standard InChI is InChI=1S/C7H15N.C6H4.CH2O2/c1-2-7-3-5-8-6-4-7;1-2-6-4-3-5(1)6;2-1-3/h7-8H,2-6H2,1H3;1-4H;1H,(H,2,3). The third kappa shape index (κ3) is 4.57. The second-order valence-corrected chi connectivity index (χ2v) is 4.28. The summed E-state index contributed by atoms with van der Waals surface area (Å²) in [5.41, 5.74) is 2.85. The molecule has 94 valence electrons. The van der Waals surface area contributed by atoms with E-state index in [0.29, 0.717) is 0 Å². The molecule has 0 amide bonds. The van der Waals surface area contributed by atoms with Crippen LogP contribution in [0.5, 0.6) is 0 Å². The molecule has 1 fully saturated rings. The fourth-order valence-electron chi connectivity index (χ4n) is 1.95. The fourth-order valence-corrected chi connectivity index (χ4v) is 1.95. The second kappa shape index (κ2) is 7.85. The van der Waals surface area contributed by atoms with Gasteiger partial charge in [-0.15, -0.1) is 0 Å². The number of hydrogen-bond acceptors (Lipinski definition) is 2. The second-order valence-electron chi connectivity index (χ2n) is 4.28. The first-order chi connectivity index (χ1) is 8.31. The Kier molecular flexibility index (Phi) is 6.33. The van der Waals surface area contributed by atoms with E-state index in [2.05, 4.69) is 36.5 Å². The van der Waals surface area contributed by atoms with Gasteiger partial charge < -0.3 is 10.4 Å². The smallest absolute Gasteiger partial charge is 0.290 e. The molecule has 17 heavy (non-hydrogen) atoms. The molecule has 0 aromatic rings. The van der Waals surface area contributed by atoms with E-state index in [0.717, 1.165) is 5.92 Å². The third-order valence-electron chi connectivity index (χ3n) is 3.25. The van der Waals surface area contributed by atoms with Gasteiger partial charge in [0.25, 0.3) is 6.47 Å². The molecule has 0 saturated carbocycles. The van der Waals surface area contributed by atoms with Crippen LogP contribution in [0.4, 0.5) is 0 Å². The van der Waals surface area contributed by atoms with Gasteiger partial charge in [0.2, 0.25) is 0 Å². The Morgan fingerprint density at radius 3 is 1.82 bits per heavy atom. The average Bonchev–Trinajstić information content (AvgIpc) is 2.36. The van der Waals surface area contributed by atoms with Gasteiger partial charge in [-0.05, 0) is 43.0 Å². The lowest BCUT2D eigenvalue weighted by molar-refractivity contribution is -0.122. The lowest BCUT2D eigenvalue weighted by atomic mass is 9.95. The zero-order valence-corrected chi connectivity index (χ0v) is 10.4. The highest BCUT2D eigenvalue weighted by Crippen LogP contribution is 2.29. The van der Waals surface area contributed by atoms with E-state index in [-0.39, 0.29) is 6.47 Å². The van der Waals surface area contributed by atoms with Crippen molar-refractivity contribution in [3.63, 3.8) is 0 Å². The SMILES string of the molecule is CCC1CCNCC1.O=CO.c1cc2ccc1-2. The molecule has 0 aromatic heterocycles. The van der Waals surface area contributed by atoms with Crippen LogP contribution >= 0.6 is 0 Å². The molecule has 3 nitrogen and oxygen atoms in total. The van der Waals surface area contributed by atoms with Crippen LogP contribution in [0.2, 0.25) is 0 Å². The van der Waals surface area contributed by atoms with Crippen LogP contribution in [0.3, 0.4) is 0 Å². The molecule has 0 radical (unpaired) electrons. The highest BCUT2D eigenvalue weighted by atomic mass is 16.3. The van der Waals surface area contributed by atoms with Crippen LogP contribution in [0.25, 0.3) is 11.1 Å². The number of fused-ring (bicyclic) bond motifs is 1. The van der Waals surface area contributed by atoms with Crippen LogP contribution in [-0.2, 0) is 4.79 Å². The largest absolute Gasteiger partial charge is 0.483 e. The predicted molar refractivity (Wildman–Crippen MR) is 70.0 cm³/mol. The van der Waals surface area contributed by atoms with E-state index < -0.39 is 0 Å². The summed E-state index contributed by atoms with van der Waals surface area (Å²) in [6, 6.07) is 8.48. The van der Waals surface area contributed by atoms with E-state index in [1.54, 1.807) is 0 Å². The van der Waals surface area contributed by atoms with Crippen molar-refractivity contribution < 1.29 is 9.90 Å². The summed E-state index contributed by atoms with van der Waals surface area (Å²) >= 11 is 0. The minimum Gasteiger partial charge on any atom is -0.483 e. The summed E-state index contributed by atoms with van der Waals surface area (Å²) in [6.07, 6.45) is 4.18. The number of carboxylic acid groups (broad SMARTS) is 1. The first-order valence-corrected chi connectivity index (χ1v) is 6.20. The number of piperidine rings is 1. The van der Waals surface area contributed by atoms with Gasteiger partial charge in [-0.3, -0.25) is 4.79 Å². The van der Waals surface area contributed by atoms with Crippen molar-refractivity contribution in [2.75, 3.05) is 13.1 Å². The molecule has 3 heteroatoms. The van der Waals surface area contributed by atoms with Crippen molar-refractivity contribution in [3.8, 4) is 11.1 Å². The van der Waals surface area contributed by atoms with Gasteiger partial charge in [0.05, 0.1) is 0 Å². The topological polar surface area (TPSA) is 49.3 Å². The number of rotatable bonds is 1. The summed E-state index contributed by atoms with van der Waals surface area (Å²) < 4.78 is 0. The molecule has 0 aromatic carbocycles. The average molecular weight is 235 g/mol. The summed E-state index contributed by atoms with van der Waals surface area (Å²) in [5, 5.41) is 10.2. The molecule has 0 bridgehead atoms. The van der Waals surface area contributed by atoms with Crippen molar-refractivity contribution >= 4 is 6.47 Å². The van der Waals surface area contributed by atoms with Crippen LogP contribution in [0.15, 0.2) is 24.3 Å². The van der Waals surface area contributed by atoms with Crippen molar-refractivity contribution in [2.24, 2.45) is 5.92 Å². The van der Waals surface area contributed by atoms with E-state index in [9.17, 15) is 0 Å². The van der Waals surface area contributed by atoms with Gasteiger partial charge in [-0.25, -0.2) is 0 Å². The van der Waals surface area contributed by atoms with Crippen molar-refractivity contribution in [2.45, 2.75) is 26.2 Å². The molecule has 3 rings (SSSR count). The van der Waals surface area contributed by atoms with Crippen molar-refractivity contribution in [3.05, 3.63) is 24.3 Å². The maximum Gasteiger partial charge on any atom is 0.290 e. The molecule has 0 spiro atoms. The molecule has 1 aliphatic heterocycles. The Labute approximate surface area is 103 Å². The molecule has 1 saturated heterocycles. The van der Waals surface area contributed by atoms with Gasteiger partial charge in [0.15, 0.2) is 0 Å². The van der Waals surface area contributed by atoms with Gasteiger partial charge in [0.1, 0.15) is 0 Å². The third-order valence-corrected chi connectivity index (χ3v) is 3.25. The Balaban J connectivity index is 0.000000142. The van der Waals surface area contributed by atoms with E-state index >= 15 is 0 Å².